The number of hydrogen-bond donors (Lipinski definition) is 2. The van der Waals surface area contributed by atoms with Crippen LogP contribution in [0.1, 0.15) is 32.9 Å². The van der Waals surface area contributed by atoms with Gasteiger partial charge in [-0.25, -0.2) is 0 Å². The van der Waals surface area contributed by atoms with Crippen LogP contribution in [-0.2, 0) is 17.9 Å². The van der Waals surface area contributed by atoms with E-state index in [9.17, 15) is 9.59 Å². The van der Waals surface area contributed by atoms with Crippen molar-refractivity contribution >= 4 is 29.3 Å². The van der Waals surface area contributed by atoms with Crippen LogP contribution in [0, 0.1) is 20.8 Å². The zero-order chi connectivity index (χ0) is 23.1. The number of rotatable bonds is 9. The molecule has 8 heteroatoms. The van der Waals surface area contributed by atoms with Crippen LogP contribution in [0.4, 0.5) is 5.69 Å². The first-order chi connectivity index (χ1) is 15.4. The zero-order valence-electron chi connectivity index (χ0n) is 18.5. The van der Waals surface area contributed by atoms with Crippen LogP contribution in [0.25, 0.3) is 0 Å². The summed E-state index contributed by atoms with van der Waals surface area (Å²) in [5, 5.41) is 14.8. The monoisotopic (exact) mass is 449 g/mol. The van der Waals surface area contributed by atoms with Crippen LogP contribution in [0.3, 0.4) is 0 Å². The number of benzene rings is 2. The van der Waals surface area contributed by atoms with Gasteiger partial charge in [-0.2, -0.15) is 0 Å². The SMILES string of the molecule is C=CCn1c(CNC(=O)c2cccc(C)c2)nnc1SCC(=O)Nc1cc(C)cc(C)c1. The Hall–Kier alpha value is -3.39. The van der Waals surface area contributed by atoms with Crippen molar-refractivity contribution in [3.05, 3.63) is 83.2 Å². The highest BCUT2D eigenvalue weighted by Gasteiger charge is 2.15. The summed E-state index contributed by atoms with van der Waals surface area (Å²) in [6.07, 6.45) is 1.73. The van der Waals surface area contributed by atoms with Gasteiger partial charge in [0.1, 0.15) is 0 Å². The maximum Gasteiger partial charge on any atom is 0.251 e. The number of carbonyl (C=O) groups excluding carboxylic acids is 2. The smallest absolute Gasteiger partial charge is 0.251 e. The Bertz CT molecular complexity index is 1120. The molecule has 2 N–H and O–H groups in total. The minimum absolute atomic E-state index is 0.123. The van der Waals surface area contributed by atoms with Crippen molar-refractivity contribution in [2.45, 2.75) is 39.0 Å². The van der Waals surface area contributed by atoms with Crippen molar-refractivity contribution in [3.8, 4) is 0 Å². The third kappa shape index (κ3) is 6.31. The van der Waals surface area contributed by atoms with Gasteiger partial charge in [0, 0.05) is 17.8 Å². The first-order valence-electron chi connectivity index (χ1n) is 10.2. The molecular formula is C24H27N5O2S. The molecule has 1 heterocycles. The van der Waals surface area contributed by atoms with Crippen molar-refractivity contribution < 1.29 is 9.59 Å². The predicted molar refractivity (Wildman–Crippen MR) is 128 cm³/mol. The largest absolute Gasteiger partial charge is 0.345 e. The predicted octanol–water partition coefficient (Wildman–Crippen LogP) is 4.05. The molecule has 166 valence electrons. The van der Waals surface area contributed by atoms with Crippen LogP contribution < -0.4 is 10.6 Å². The van der Waals surface area contributed by atoms with Gasteiger partial charge in [0.05, 0.1) is 12.3 Å². The van der Waals surface area contributed by atoms with Gasteiger partial charge in [0.25, 0.3) is 5.91 Å². The van der Waals surface area contributed by atoms with Gasteiger partial charge < -0.3 is 15.2 Å². The van der Waals surface area contributed by atoms with Crippen molar-refractivity contribution in [2.75, 3.05) is 11.1 Å². The molecule has 0 aliphatic rings. The third-order valence-electron chi connectivity index (χ3n) is 4.63. The number of carbonyl (C=O) groups is 2. The Morgan fingerprint density at radius 2 is 1.81 bits per heavy atom. The summed E-state index contributed by atoms with van der Waals surface area (Å²) >= 11 is 1.29. The second kappa shape index (κ2) is 10.8. The average Bonchev–Trinajstić information content (AvgIpc) is 3.11. The molecule has 0 radical (unpaired) electrons. The van der Waals surface area contributed by atoms with E-state index in [1.54, 1.807) is 12.1 Å². The zero-order valence-corrected chi connectivity index (χ0v) is 19.3. The summed E-state index contributed by atoms with van der Waals surface area (Å²) in [6, 6.07) is 13.3. The molecule has 0 atom stereocenters. The molecule has 0 saturated heterocycles. The maximum absolute atomic E-state index is 12.4. The molecule has 3 rings (SSSR count). The van der Waals surface area contributed by atoms with Crippen LogP contribution in [0.15, 0.2) is 60.3 Å². The Balaban J connectivity index is 1.61. The van der Waals surface area contributed by atoms with Crippen molar-refractivity contribution in [2.24, 2.45) is 0 Å². The minimum atomic E-state index is -0.177. The standard InChI is InChI=1S/C24H27N5O2S/c1-5-9-29-21(14-25-23(31)19-8-6-7-16(2)11-19)27-28-24(29)32-15-22(30)26-20-12-17(3)10-18(4)13-20/h5-8,10-13H,1,9,14-15H2,2-4H3,(H,25,31)(H,26,30). The van der Waals surface area contributed by atoms with Gasteiger partial charge in [-0.05, 0) is 56.2 Å². The molecule has 7 nitrogen and oxygen atoms in total. The molecule has 1 aromatic heterocycles. The fourth-order valence-electron chi connectivity index (χ4n) is 3.29. The molecule has 0 fully saturated rings. The number of nitrogens with one attached hydrogen (secondary N) is 2. The summed E-state index contributed by atoms with van der Waals surface area (Å²) in [4.78, 5) is 24.9. The lowest BCUT2D eigenvalue weighted by Gasteiger charge is -2.10. The molecule has 0 saturated carbocycles. The van der Waals surface area contributed by atoms with Gasteiger partial charge >= 0.3 is 0 Å². The Morgan fingerprint density at radius 3 is 2.50 bits per heavy atom. The maximum atomic E-state index is 12.4. The second-order valence-electron chi connectivity index (χ2n) is 7.56. The van der Waals surface area contributed by atoms with E-state index in [-0.39, 0.29) is 24.1 Å². The van der Waals surface area contributed by atoms with Gasteiger partial charge in [-0.1, -0.05) is 41.6 Å². The number of aromatic nitrogens is 3. The van der Waals surface area contributed by atoms with E-state index in [2.05, 4.69) is 33.5 Å². The number of amides is 2. The molecule has 0 spiro atoms. The molecular weight excluding hydrogens is 422 g/mol. The summed E-state index contributed by atoms with van der Waals surface area (Å²) in [5.41, 5.74) is 4.58. The van der Waals surface area contributed by atoms with Gasteiger partial charge in [0.15, 0.2) is 11.0 Å². The highest BCUT2D eigenvalue weighted by molar-refractivity contribution is 7.99. The highest BCUT2D eigenvalue weighted by atomic mass is 32.2. The molecule has 0 unspecified atom stereocenters. The fourth-order valence-corrected chi connectivity index (χ4v) is 4.06. The van der Waals surface area contributed by atoms with Gasteiger partial charge in [-0.15, -0.1) is 16.8 Å². The molecule has 0 bridgehead atoms. The number of anilines is 1. The Labute approximate surface area is 192 Å². The van der Waals surface area contributed by atoms with Crippen molar-refractivity contribution in [1.29, 1.82) is 0 Å². The van der Waals surface area contributed by atoms with Crippen LogP contribution >= 0.6 is 11.8 Å². The molecule has 2 aromatic carbocycles. The number of hydrogen-bond acceptors (Lipinski definition) is 5. The van der Waals surface area contributed by atoms with Crippen LogP contribution in [0.5, 0.6) is 0 Å². The number of allylic oxidation sites excluding steroid dienone is 1. The normalized spacial score (nSPS) is 10.6. The lowest BCUT2D eigenvalue weighted by Crippen LogP contribution is -2.25. The second-order valence-corrected chi connectivity index (χ2v) is 8.51. The van der Waals surface area contributed by atoms with Gasteiger partial charge in [-0.3, -0.25) is 9.59 Å². The van der Waals surface area contributed by atoms with Crippen LogP contribution in [0.2, 0.25) is 0 Å². The number of aryl methyl sites for hydroxylation is 3. The summed E-state index contributed by atoms with van der Waals surface area (Å²) in [6.45, 7) is 10.4. The lowest BCUT2D eigenvalue weighted by atomic mass is 10.1. The molecule has 32 heavy (non-hydrogen) atoms. The first-order valence-corrected chi connectivity index (χ1v) is 11.2. The average molecular weight is 450 g/mol. The number of nitrogens with zero attached hydrogens (tertiary/aromatic N) is 3. The van der Waals surface area contributed by atoms with Crippen LogP contribution in [-0.4, -0.2) is 32.3 Å². The summed E-state index contributed by atoms with van der Waals surface area (Å²) in [7, 11) is 0. The van der Waals surface area contributed by atoms with E-state index in [1.165, 1.54) is 11.8 Å². The minimum Gasteiger partial charge on any atom is -0.345 e. The van der Waals surface area contributed by atoms with E-state index in [0.29, 0.717) is 23.1 Å². The summed E-state index contributed by atoms with van der Waals surface area (Å²) in [5.74, 6) is 0.493. The molecule has 2 amide bonds. The molecule has 0 aliphatic heterocycles. The van der Waals surface area contributed by atoms with Crippen molar-refractivity contribution in [1.82, 2.24) is 20.1 Å². The molecule has 0 aliphatic carbocycles. The van der Waals surface area contributed by atoms with E-state index < -0.39 is 0 Å². The van der Waals surface area contributed by atoms with E-state index in [0.717, 1.165) is 22.4 Å². The first kappa shape index (κ1) is 23.3. The highest BCUT2D eigenvalue weighted by Crippen LogP contribution is 2.19. The lowest BCUT2D eigenvalue weighted by molar-refractivity contribution is -0.113. The van der Waals surface area contributed by atoms with Gasteiger partial charge in [0.2, 0.25) is 5.91 Å². The fraction of sp³-hybridized carbons (Fsp3) is 0.250. The summed E-state index contributed by atoms with van der Waals surface area (Å²) < 4.78 is 1.85. The van der Waals surface area contributed by atoms with E-state index in [1.807, 2.05) is 55.7 Å². The van der Waals surface area contributed by atoms with Crippen molar-refractivity contribution in [3.63, 3.8) is 0 Å². The Morgan fingerprint density at radius 1 is 1.06 bits per heavy atom. The van der Waals surface area contributed by atoms with E-state index >= 15 is 0 Å². The number of thioether (sulfide) groups is 1. The van der Waals surface area contributed by atoms with E-state index in [4.69, 9.17) is 0 Å². The third-order valence-corrected chi connectivity index (χ3v) is 5.60. The quantitative estimate of drug-likeness (QED) is 0.380. The Kier molecular flexibility index (Phi) is 7.83. The topological polar surface area (TPSA) is 88.9 Å². The molecule has 3 aromatic rings.